The Morgan fingerprint density at radius 2 is 1.53 bits per heavy atom. The molecule has 0 saturated heterocycles. The Morgan fingerprint density at radius 3 is 2.23 bits per heavy atom. The molecule has 0 unspecified atom stereocenters. The number of ether oxygens (including phenoxy) is 1. The summed E-state index contributed by atoms with van der Waals surface area (Å²) in [5.41, 5.74) is 3.78. The first-order chi connectivity index (χ1) is 14.6. The number of nitrogens with zero attached hydrogens (tertiary/aromatic N) is 1. The van der Waals surface area contributed by atoms with E-state index in [0.717, 1.165) is 37.8 Å². The van der Waals surface area contributed by atoms with Crippen LogP contribution in [-0.2, 0) is 22.5 Å². The number of fused-ring (bicyclic) bond motifs is 1. The normalized spacial score (nSPS) is 19.2. The fourth-order valence-corrected chi connectivity index (χ4v) is 4.52. The summed E-state index contributed by atoms with van der Waals surface area (Å²) >= 11 is 0. The highest BCUT2D eigenvalue weighted by molar-refractivity contribution is 5.84. The van der Waals surface area contributed by atoms with E-state index >= 15 is 0 Å². The molecular weight excluding hydrogens is 370 g/mol. The molecule has 1 saturated carbocycles. The molecule has 0 spiro atoms. The molecule has 0 atom stereocenters. The van der Waals surface area contributed by atoms with Gasteiger partial charge >= 0.3 is 5.97 Å². The Morgan fingerprint density at radius 1 is 0.867 bits per heavy atom. The second kappa shape index (κ2) is 9.44. The number of hydrogen-bond donors (Lipinski definition) is 0. The van der Waals surface area contributed by atoms with Crippen molar-refractivity contribution in [1.82, 2.24) is 4.90 Å². The van der Waals surface area contributed by atoms with Crippen molar-refractivity contribution in [2.24, 2.45) is 0 Å². The average molecular weight is 402 g/mol. The largest absolute Gasteiger partial charge is 0.462 e. The maximum Gasteiger partial charge on any atom is 0.310 e. The van der Waals surface area contributed by atoms with Crippen molar-refractivity contribution >= 4 is 16.7 Å². The fraction of sp³-hybridized carbons (Fsp3) is 0.370. The molecule has 0 N–H and O–H groups in total. The van der Waals surface area contributed by atoms with E-state index < -0.39 is 0 Å². The Hall–Kier alpha value is -2.65. The Bertz CT molecular complexity index is 985. The van der Waals surface area contributed by atoms with Gasteiger partial charge in [0.15, 0.2) is 0 Å². The van der Waals surface area contributed by atoms with E-state index in [9.17, 15) is 4.79 Å². The molecule has 3 heteroatoms. The molecule has 3 aromatic carbocycles. The predicted molar refractivity (Wildman–Crippen MR) is 123 cm³/mol. The van der Waals surface area contributed by atoms with Crippen LogP contribution in [0.1, 0.15) is 48.3 Å². The molecule has 3 nitrogen and oxygen atoms in total. The molecule has 1 fully saturated rings. The van der Waals surface area contributed by atoms with Gasteiger partial charge in [0.05, 0.1) is 6.42 Å². The minimum atomic E-state index is -0.109. The van der Waals surface area contributed by atoms with E-state index in [1.165, 1.54) is 21.9 Å². The van der Waals surface area contributed by atoms with Crippen molar-refractivity contribution in [1.29, 1.82) is 0 Å². The van der Waals surface area contributed by atoms with Crippen LogP contribution in [0.4, 0.5) is 0 Å². The topological polar surface area (TPSA) is 29.5 Å². The molecule has 4 rings (SSSR count). The van der Waals surface area contributed by atoms with Gasteiger partial charge in [-0.05, 0) is 73.2 Å². The minimum Gasteiger partial charge on any atom is -0.462 e. The van der Waals surface area contributed by atoms with Crippen molar-refractivity contribution in [3.63, 3.8) is 0 Å². The van der Waals surface area contributed by atoms with E-state index in [1.807, 2.05) is 18.2 Å². The van der Waals surface area contributed by atoms with Gasteiger partial charge in [-0.25, -0.2) is 0 Å². The number of rotatable bonds is 6. The van der Waals surface area contributed by atoms with Crippen LogP contribution in [0.25, 0.3) is 10.8 Å². The van der Waals surface area contributed by atoms with Gasteiger partial charge in [-0.2, -0.15) is 0 Å². The SMILES string of the molecule is CN(C)Cc1ccc(C2CCC(OC(=O)Cc3ccc4ccccc4c3)CC2)cc1. The van der Waals surface area contributed by atoms with Crippen LogP contribution in [0.3, 0.4) is 0 Å². The second-order valence-electron chi connectivity index (χ2n) is 8.80. The van der Waals surface area contributed by atoms with Crippen LogP contribution < -0.4 is 0 Å². The number of carbonyl (C=O) groups is 1. The molecule has 156 valence electrons. The first-order valence-corrected chi connectivity index (χ1v) is 11.0. The number of esters is 1. The van der Waals surface area contributed by atoms with Gasteiger partial charge in [-0.3, -0.25) is 4.79 Å². The fourth-order valence-electron chi connectivity index (χ4n) is 4.52. The highest BCUT2D eigenvalue weighted by atomic mass is 16.5. The summed E-state index contributed by atoms with van der Waals surface area (Å²) in [5, 5.41) is 2.36. The van der Waals surface area contributed by atoms with Gasteiger partial charge in [0, 0.05) is 6.54 Å². The van der Waals surface area contributed by atoms with Gasteiger partial charge in [0.2, 0.25) is 0 Å². The lowest BCUT2D eigenvalue weighted by atomic mass is 9.82. The van der Waals surface area contributed by atoms with Crippen LogP contribution >= 0.6 is 0 Å². The number of benzene rings is 3. The Kier molecular flexibility index (Phi) is 6.49. The summed E-state index contributed by atoms with van der Waals surface area (Å²) in [6, 6.07) is 23.5. The van der Waals surface area contributed by atoms with E-state index in [4.69, 9.17) is 4.74 Å². The third-order valence-corrected chi connectivity index (χ3v) is 6.08. The first kappa shape index (κ1) is 20.6. The summed E-state index contributed by atoms with van der Waals surface area (Å²) in [5.74, 6) is 0.468. The van der Waals surface area contributed by atoms with Crippen molar-refractivity contribution in [2.75, 3.05) is 14.1 Å². The van der Waals surface area contributed by atoms with E-state index in [-0.39, 0.29) is 12.1 Å². The molecule has 0 aliphatic heterocycles. The average Bonchev–Trinajstić information content (AvgIpc) is 2.74. The van der Waals surface area contributed by atoms with E-state index in [1.54, 1.807) is 0 Å². The van der Waals surface area contributed by atoms with Gasteiger partial charge < -0.3 is 9.64 Å². The molecule has 30 heavy (non-hydrogen) atoms. The van der Waals surface area contributed by atoms with Crippen LogP contribution in [-0.4, -0.2) is 31.1 Å². The van der Waals surface area contributed by atoms with E-state index in [2.05, 4.69) is 67.5 Å². The zero-order valence-electron chi connectivity index (χ0n) is 18.0. The zero-order valence-corrected chi connectivity index (χ0v) is 18.0. The molecule has 0 aromatic heterocycles. The molecule has 3 aromatic rings. The highest BCUT2D eigenvalue weighted by Crippen LogP contribution is 2.34. The van der Waals surface area contributed by atoms with Crippen LogP contribution in [0.5, 0.6) is 0 Å². The third-order valence-electron chi connectivity index (χ3n) is 6.08. The molecule has 0 amide bonds. The third kappa shape index (κ3) is 5.28. The maximum absolute atomic E-state index is 12.5. The molecule has 1 aliphatic carbocycles. The Balaban J connectivity index is 1.27. The zero-order chi connectivity index (χ0) is 20.9. The molecule has 1 aliphatic rings. The summed E-state index contributed by atoms with van der Waals surface area (Å²) in [7, 11) is 4.19. The van der Waals surface area contributed by atoms with Crippen molar-refractivity contribution < 1.29 is 9.53 Å². The van der Waals surface area contributed by atoms with Gasteiger partial charge in [0.1, 0.15) is 6.10 Å². The smallest absolute Gasteiger partial charge is 0.310 e. The quantitative estimate of drug-likeness (QED) is 0.495. The van der Waals surface area contributed by atoms with Crippen molar-refractivity contribution in [3.05, 3.63) is 83.4 Å². The van der Waals surface area contributed by atoms with Crippen molar-refractivity contribution in [2.45, 2.75) is 50.7 Å². The van der Waals surface area contributed by atoms with Crippen LogP contribution in [0, 0.1) is 0 Å². The highest BCUT2D eigenvalue weighted by Gasteiger charge is 2.25. The van der Waals surface area contributed by atoms with Gasteiger partial charge in [-0.1, -0.05) is 66.7 Å². The summed E-state index contributed by atoms with van der Waals surface area (Å²) in [6.45, 7) is 0.972. The predicted octanol–water partition coefficient (Wildman–Crippen LogP) is 5.71. The van der Waals surface area contributed by atoms with Crippen LogP contribution in [0.2, 0.25) is 0 Å². The molecule has 0 radical (unpaired) electrons. The second-order valence-corrected chi connectivity index (χ2v) is 8.80. The summed E-state index contributed by atoms with van der Waals surface area (Å²) < 4.78 is 5.81. The lowest BCUT2D eigenvalue weighted by Gasteiger charge is -2.28. The van der Waals surface area contributed by atoms with Crippen molar-refractivity contribution in [3.8, 4) is 0 Å². The molecule has 0 bridgehead atoms. The van der Waals surface area contributed by atoms with Gasteiger partial charge in [-0.15, -0.1) is 0 Å². The van der Waals surface area contributed by atoms with E-state index in [0.29, 0.717) is 12.3 Å². The monoisotopic (exact) mass is 401 g/mol. The number of carbonyl (C=O) groups excluding carboxylic acids is 1. The summed E-state index contributed by atoms with van der Waals surface area (Å²) in [6.07, 6.45) is 4.48. The minimum absolute atomic E-state index is 0.0576. The Labute approximate surface area is 179 Å². The lowest BCUT2D eigenvalue weighted by molar-refractivity contribution is -0.149. The number of hydrogen-bond acceptors (Lipinski definition) is 3. The van der Waals surface area contributed by atoms with Crippen LogP contribution in [0.15, 0.2) is 66.7 Å². The standard InChI is InChI=1S/C27H31NO2/c1-28(2)19-20-7-10-23(11-8-20)24-13-15-26(16-14-24)30-27(29)18-21-9-12-22-5-3-4-6-25(22)17-21/h3-12,17,24,26H,13-16,18-19H2,1-2H3. The van der Waals surface area contributed by atoms with Gasteiger partial charge in [0.25, 0.3) is 0 Å². The molecule has 0 heterocycles. The first-order valence-electron chi connectivity index (χ1n) is 11.0. The summed E-state index contributed by atoms with van der Waals surface area (Å²) in [4.78, 5) is 14.7. The lowest BCUT2D eigenvalue weighted by Crippen LogP contribution is -2.24. The molecular formula is C27H31NO2. The maximum atomic E-state index is 12.5.